The summed E-state index contributed by atoms with van der Waals surface area (Å²) in [5.74, 6) is 0.967. The third-order valence-electron chi connectivity index (χ3n) is 9.79. The lowest BCUT2D eigenvalue weighted by molar-refractivity contribution is -0.150. The highest BCUT2D eigenvalue weighted by atomic mass is 19.4. The Balaban J connectivity index is 1.30. The van der Waals surface area contributed by atoms with E-state index in [-0.39, 0.29) is 42.2 Å². The molecule has 4 fully saturated rings. The van der Waals surface area contributed by atoms with E-state index in [1.165, 1.54) is 0 Å². The number of anilines is 1. The zero-order valence-electron chi connectivity index (χ0n) is 23.0. The highest BCUT2D eigenvalue weighted by Crippen LogP contribution is 2.52. The average Bonchev–Trinajstić information content (AvgIpc) is 3.62. The fourth-order valence-corrected chi connectivity index (χ4v) is 7.55. The van der Waals surface area contributed by atoms with Crippen LogP contribution in [-0.4, -0.2) is 67.4 Å². The van der Waals surface area contributed by atoms with Crippen molar-refractivity contribution < 1.29 is 40.6 Å². The number of hydrogen-bond donors (Lipinski definition) is 0. The summed E-state index contributed by atoms with van der Waals surface area (Å²) in [6.07, 6.45) is -5.01. The molecule has 1 amide bonds. The Kier molecular flexibility index (Phi) is 7.82. The number of halogens is 6. The van der Waals surface area contributed by atoms with Crippen molar-refractivity contribution in [1.82, 2.24) is 9.88 Å². The SMILES string of the molecule is CO[C@@H]1COCC[C@@H]1C[C@@H]1CC[C@@](C(=O)N2C[C@@H]3C[C@H]2CN3c2cc(C(F)(F)F)nc(C(F)(F)F)c2)(C(C)C)C1. The molecule has 2 bridgehead atoms. The van der Waals surface area contributed by atoms with Crippen LogP contribution in [0.25, 0.3) is 0 Å². The number of fused-ring (bicyclic) bond motifs is 2. The van der Waals surface area contributed by atoms with Gasteiger partial charge in [-0.05, 0) is 68.4 Å². The summed E-state index contributed by atoms with van der Waals surface area (Å²) in [7, 11) is 1.70. The van der Waals surface area contributed by atoms with Gasteiger partial charge in [-0.25, -0.2) is 4.98 Å². The van der Waals surface area contributed by atoms with E-state index in [0.717, 1.165) is 32.1 Å². The van der Waals surface area contributed by atoms with Crippen LogP contribution in [0.4, 0.5) is 32.0 Å². The van der Waals surface area contributed by atoms with E-state index >= 15 is 0 Å². The third kappa shape index (κ3) is 5.42. The highest BCUT2D eigenvalue weighted by molar-refractivity contribution is 5.84. The normalized spacial score (nSPS) is 32.9. The van der Waals surface area contributed by atoms with Gasteiger partial charge in [0.2, 0.25) is 5.91 Å². The molecule has 0 radical (unpaired) electrons. The van der Waals surface area contributed by atoms with Gasteiger partial charge in [-0.2, -0.15) is 26.3 Å². The van der Waals surface area contributed by atoms with Gasteiger partial charge in [0, 0.05) is 38.5 Å². The smallest absolute Gasteiger partial charge is 0.379 e. The largest absolute Gasteiger partial charge is 0.433 e. The van der Waals surface area contributed by atoms with Crippen molar-refractivity contribution in [3.8, 4) is 0 Å². The Labute approximate surface area is 230 Å². The molecule has 1 aromatic rings. The van der Waals surface area contributed by atoms with E-state index in [9.17, 15) is 31.1 Å². The molecule has 0 aromatic carbocycles. The van der Waals surface area contributed by atoms with Crippen LogP contribution in [-0.2, 0) is 26.6 Å². The minimum atomic E-state index is -5.01. The summed E-state index contributed by atoms with van der Waals surface area (Å²) < 4.78 is 91.5. The van der Waals surface area contributed by atoms with Gasteiger partial charge >= 0.3 is 12.4 Å². The predicted octanol–water partition coefficient (Wildman–Crippen LogP) is 5.79. The number of nitrogens with zero attached hydrogens (tertiary/aromatic N) is 3. The molecule has 0 N–H and O–H groups in total. The van der Waals surface area contributed by atoms with E-state index in [0.29, 0.717) is 50.1 Å². The molecule has 5 rings (SSSR count). The van der Waals surface area contributed by atoms with Crippen LogP contribution in [0.5, 0.6) is 0 Å². The van der Waals surface area contributed by atoms with Gasteiger partial charge in [-0.3, -0.25) is 4.79 Å². The monoisotopic (exact) mass is 577 g/mol. The summed E-state index contributed by atoms with van der Waals surface area (Å²) in [4.78, 5) is 20.4. The molecule has 6 atom stereocenters. The van der Waals surface area contributed by atoms with Gasteiger partial charge in [0.05, 0.1) is 24.2 Å². The lowest BCUT2D eigenvalue weighted by Gasteiger charge is -2.42. The predicted molar refractivity (Wildman–Crippen MR) is 134 cm³/mol. The van der Waals surface area contributed by atoms with Crippen LogP contribution in [0.3, 0.4) is 0 Å². The Morgan fingerprint density at radius 2 is 1.77 bits per heavy atom. The number of rotatable bonds is 6. The number of aromatic nitrogens is 1. The first kappa shape index (κ1) is 29.4. The van der Waals surface area contributed by atoms with Crippen LogP contribution < -0.4 is 4.90 Å². The number of hydrogen-bond acceptors (Lipinski definition) is 5. The first-order chi connectivity index (χ1) is 18.7. The van der Waals surface area contributed by atoms with Crippen molar-refractivity contribution in [2.45, 2.75) is 82.9 Å². The molecule has 0 unspecified atom stereocenters. The standard InChI is InChI=1S/C28H37F6N3O3/c1-16(2)26(6-4-17(12-26)8-18-5-7-40-15-22(18)39-3)25(38)37-14-20-9-21(37)13-36(20)19-10-23(27(29,30)31)35-24(11-19)28(32,33)34/h10-11,16-18,20-22H,4-9,12-15H2,1-3H3/t17-,18+,20-,21-,22+,26-/m0/s1. The van der Waals surface area contributed by atoms with Crippen molar-refractivity contribution in [2.75, 3.05) is 38.3 Å². The number of pyridine rings is 1. The Morgan fingerprint density at radius 3 is 2.33 bits per heavy atom. The molecule has 3 aliphatic heterocycles. The molecular weight excluding hydrogens is 540 g/mol. The minimum absolute atomic E-state index is 0.0581. The summed E-state index contributed by atoms with van der Waals surface area (Å²) in [5.41, 5.74) is -3.80. The number of methoxy groups -OCH3 is 1. The Morgan fingerprint density at radius 1 is 1.10 bits per heavy atom. The van der Waals surface area contributed by atoms with Crippen molar-refractivity contribution in [3.05, 3.63) is 23.5 Å². The second-order valence-electron chi connectivity index (χ2n) is 12.3. The molecule has 224 valence electrons. The Hall–Kier alpha value is -2.08. The van der Waals surface area contributed by atoms with Crippen molar-refractivity contribution in [2.24, 2.45) is 23.2 Å². The maximum absolute atomic E-state index is 14.1. The van der Waals surface area contributed by atoms with Gasteiger partial charge in [0.15, 0.2) is 0 Å². The number of carbonyl (C=O) groups excluding carboxylic acids is 1. The zero-order chi connectivity index (χ0) is 29.0. The number of piperazine rings is 1. The molecule has 40 heavy (non-hydrogen) atoms. The van der Waals surface area contributed by atoms with E-state index in [1.807, 2.05) is 4.90 Å². The zero-order valence-corrected chi connectivity index (χ0v) is 23.0. The van der Waals surface area contributed by atoms with Gasteiger partial charge in [0.1, 0.15) is 11.4 Å². The van der Waals surface area contributed by atoms with Gasteiger partial charge in [-0.1, -0.05) is 13.8 Å². The third-order valence-corrected chi connectivity index (χ3v) is 9.79. The van der Waals surface area contributed by atoms with Crippen LogP contribution >= 0.6 is 0 Å². The number of carbonyl (C=O) groups is 1. The minimum Gasteiger partial charge on any atom is -0.379 e. The van der Waals surface area contributed by atoms with Crippen LogP contribution in [0.1, 0.15) is 63.8 Å². The van der Waals surface area contributed by atoms with E-state index in [2.05, 4.69) is 18.8 Å². The Bertz CT molecular complexity index is 1060. The number of likely N-dealkylation sites (tertiary alicyclic amines) is 1. The molecule has 12 heteroatoms. The van der Waals surface area contributed by atoms with E-state index < -0.39 is 29.2 Å². The molecule has 4 aliphatic rings. The van der Waals surface area contributed by atoms with E-state index in [1.54, 1.807) is 12.0 Å². The molecule has 6 nitrogen and oxygen atoms in total. The number of ether oxygens (including phenoxy) is 2. The molecule has 4 heterocycles. The van der Waals surface area contributed by atoms with Crippen LogP contribution in [0, 0.1) is 23.2 Å². The summed E-state index contributed by atoms with van der Waals surface area (Å²) in [5, 5.41) is 0. The average molecular weight is 578 g/mol. The van der Waals surface area contributed by atoms with Gasteiger partial charge in [0.25, 0.3) is 0 Å². The highest BCUT2D eigenvalue weighted by Gasteiger charge is 2.55. The molecule has 1 aromatic heterocycles. The molecule has 3 saturated heterocycles. The van der Waals surface area contributed by atoms with E-state index in [4.69, 9.17) is 9.47 Å². The van der Waals surface area contributed by atoms with Crippen LogP contribution in [0.15, 0.2) is 12.1 Å². The summed E-state index contributed by atoms with van der Waals surface area (Å²) in [6.45, 7) is 5.93. The van der Waals surface area contributed by atoms with Crippen molar-refractivity contribution in [3.63, 3.8) is 0 Å². The summed E-state index contributed by atoms with van der Waals surface area (Å²) in [6, 6.07) is 0.771. The lowest BCUT2D eigenvalue weighted by atomic mass is 9.73. The summed E-state index contributed by atoms with van der Waals surface area (Å²) >= 11 is 0. The number of amides is 1. The lowest BCUT2D eigenvalue weighted by Crippen LogP contribution is -2.54. The maximum atomic E-state index is 14.1. The van der Waals surface area contributed by atoms with Gasteiger partial charge in [-0.15, -0.1) is 0 Å². The first-order valence-electron chi connectivity index (χ1n) is 14.1. The second kappa shape index (κ2) is 10.6. The quantitative estimate of drug-likeness (QED) is 0.401. The molecule has 1 aliphatic carbocycles. The molecule has 0 spiro atoms. The topological polar surface area (TPSA) is 54.9 Å². The fourth-order valence-electron chi connectivity index (χ4n) is 7.55. The maximum Gasteiger partial charge on any atom is 0.433 e. The van der Waals surface area contributed by atoms with Gasteiger partial charge < -0.3 is 19.3 Å². The van der Waals surface area contributed by atoms with Crippen LogP contribution in [0.2, 0.25) is 0 Å². The molecule has 1 saturated carbocycles. The second-order valence-corrected chi connectivity index (χ2v) is 12.3. The number of alkyl halides is 6. The molecular formula is C28H37F6N3O3. The fraction of sp³-hybridized carbons (Fsp3) is 0.786. The van der Waals surface area contributed by atoms with Crippen molar-refractivity contribution in [1.29, 1.82) is 0 Å². The van der Waals surface area contributed by atoms with Crippen molar-refractivity contribution >= 4 is 11.6 Å². The first-order valence-corrected chi connectivity index (χ1v) is 14.1.